The van der Waals surface area contributed by atoms with Crippen LogP contribution in [0.15, 0.2) is 53.4 Å². The maximum Gasteiger partial charge on any atom is 0.222 e. The molecule has 2 N–H and O–H groups in total. The number of fused-ring (bicyclic) bond motifs is 1. The Bertz CT molecular complexity index is 844. The van der Waals surface area contributed by atoms with Gasteiger partial charge in [-0.25, -0.2) is 4.98 Å². The molecule has 3 heterocycles. The number of nitrogen functional groups attached to an aromatic ring is 1. The molecule has 5 nitrogen and oxygen atoms in total. The molecule has 20 heavy (non-hydrogen) atoms. The molecule has 1 aromatic carbocycles. The fourth-order valence-electron chi connectivity index (χ4n) is 2.09. The number of thiazole rings is 1. The maximum absolute atomic E-state index is 5.53. The van der Waals surface area contributed by atoms with Gasteiger partial charge in [0.2, 0.25) is 5.88 Å². The van der Waals surface area contributed by atoms with Crippen molar-refractivity contribution in [1.82, 2.24) is 14.5 Å². The van der Waals surface area contributed by atoms with Crippen LogP contribution in [0.1, 0.15) is 0 Å². The number of rotatable bonds is 2. The van der Waals surface area contributed by atoms with Crippen LogP contribution in [0.2, 0.25) is 0 Å². The summed E-state index contributed by atoms with van der Waals surface area (Å²) >= 11 is 1.66. The second-order valence-corrected chi connectivity index (χ2v) is 5.41. The van der Waals surface area contributed by atoms with Gasteiger partial charge in [-0.1, -0.05) is 40.8 Å². The first-order valence-electron chi connectivity index (χ1n) is 6.05. The van der Waals surface area contributed by atoms with Crippen LogP contribution in [0, 0.1) is 0 Å². The van der Waals surface area contributed by atoms with Crippen LogP contribution < -0.4 is 5.73 Å². The van der Waals surface area contributed by atoms with Gasteiger partial charge in [0.05, 0.1) is 4.88 Å². The second kappa shape index (κ2) is 4.21. The molecule has 0 fully saturated rings. The van der Waals surface area contributed by atoms with Gasteiger partial charge in [0.1, 0.15) is 5.69 Å². The van der Waals surface area contributed by atoms with Crippen LogP contribution in [0.25, 0.3) is 26.7 Å². The summed E-state index contributed by atoms with van der Waals surface area (Å²) in [7, 11) is 0. The Hall–Kier alpha value is -2.60. The monoisotopic (exact) mass is 282 g/mol. The third-order valence-corrected chi connectivity index (χ3v) is 4.14. The van der Waals surface area contributed by atoms with Crippen molar-refractivity contribution >= 4 is 22.2 Å². The number of aromatic nitrogens is 3. The zero-order chi connectivity index (χ0) is 13.5. The van der Waals surface area contributed by atoms with E-state index in [9.17, 15) is 0 Å². The summed E-state index contributed by atoms with van der Waals surface area (Å²) in [6.07, 6.45) is 5.83. The van der Waals surface area contributed by atoms with Crippen LogP contribution >= 0.6 is 11.3 Å². The molecule has 0 unspecified atom stereocenters. The van der Waals surface area contributed by atoms with Gasteiger partial charge in [-0.3, -0.25) is 4.40 Å². The van der Waals surface area contributed by atoms with E-state index in [-0.39, 0.29) is 0 Å². The molecule has 0 spiro atoms. The Morgan fingerprint density at radius 2 is 1.95 bits per heavy atom. The minimum Gasteiger partial charge on any atom is -0.368 e. The quantitative estimate of drug-likeness (QED) is 0.612. The van der Waals surface area contributed by atoms with E-state index in [0.717, 1.165) is 21.8 Å². The normalized spacial score (nSPS) is 11.2. The zero-order valence-corrected chi connectivity index (χ0v) is 11.2. The highest BCUT2D eigenvalue weighted by atomic mass is 32.1. The molecule has 4 rings (SSSR count). The highest BCUT2D eigenvalue weighted by Gasteiger charge is 2.07. The van der Waals surface area contributed by atoms with E-state index >= 15 is 0 Å². The predicted molar refractivity (Wildman–Crippen MR) is 78.4 cm³/mol. The van der Waals surface area contributed by atoms with Gasteiger partial charge in [-0.05, 0) is 5.56 Å². The summed E-state index contributed by atoms with van der Waals surface area (Å²) in [5.41, 5.74) is 8.41. The number of benzene rings is 1. The largest absolute Gasteiger partial charge is 0.368 e. The Kier molecular flexibility index (Phi) is 2.37. The lowest BCUT2D eigenvalue weighted by molar-refractivity contribution is 0.439. The van der Waals surface area contributed by atoms with Gasteiger partial charge in [0, 0.05) is 30.2 Å². The Morgan fingerprint density at radius 3 is 2.65 bits per heavy atom. The van der Waals surface area contributed by atoms with E-state index in [0.29, 0.717) is 5.88 Å². The number of hydrogen-bond donors (Lipinski definition) is 1. The van der Waals surface area contributed by atoms with Crippen molar-refractivity contribution < 1.29 is 4.52 Å². The minimum atomic E-state index is 0.323. The fraction of sp³-hybridized carbons (Fsp3) is 0. The van der Waals surface area contributed by atoms with E-state index in [2.05, 4.69) is 28.5 Å². The first kappa shape index (κ1) is 11.2. The third-order valence-electron chi connectivity index (χ3n) is 3.08. The van der Waals surface area contributed by atoms with E-state index in [1.807, 2.05) is 22.7 Å². The molecule has 0 aliphatic rings. The minimum absolute atomic E-state index is 0.323. The number of imidazole rings is 1. The Labute approximate surface area is 118 Å². The number of nitrogens with zero attached hydrogens (tertiary/aromatic N) is 3. The molecule has 0 bridgehead atoms. The van der Waals surface area contributed by atoms with Gasteiger partial charge in [0.25, 0.3) is 0 Å². The van der Waals surface area contributed by atoms with Crippen molar-refractivity contribution in [3.05, 3.63) is 48.9 Å². The lowest BCUT2D eigenvalue weighted by Crippen LogP contribution is -1.79. The smallest absolute Gasteiger partial charge is 0.222 e. The van der Waals surface area contributed by atoms with Crippen molar-refractivity contribution in [3.8, 4) is 21.7 Å². The number of nitrogens with two attached hydrogens (primary N) is 1. The van der Waals surface area contributed by atoms with Crippen molar-refractivity contribution in [2.75, 3.05) is 5.73 Å². The van der Waals surface area contributed by atoms with E-state index in [1.54, 1.807) is 23.6 Å². The molecule has 0 atom stereocenters. The van der Waals surface area contributed by atoms with Crippen molar-refractivity contribution in [2.24, 2.45) is 0 Å². The molecule has 3 aromatic heterocycles. The van der Waals surface area contributed by atoms with Gasteiger partial charge >= 0.3 is 0 Å². The number of anilines is 1. The van der Waals surface area contributed by atoms with Gasteiger partial charge < -0.3 is 10.3 Å². The fourth-order valence-corrected chi connectivity index (χ4v) is 3.04. The maximum atomic E-state index is 5.53. The van der Waals surface area contributed by atoms with E-state index in [4.69, 9.17) is 10.3 Å². The molecule has 0 radical (unpaired) electrons. The average molecular weight is 282 g/mol. The molecule has 4 aromatic rings. The summed E-state index contributed by atoms with van der Waals surface area (Å²) in [6.45, 7) is 0. The summed E-state index contributed by atoms with van der Waals surface area (Å²) < 4.78 is 6.90. The number of hydrogen-bond acceptors (Lipinski definition) is 5. The Morgan fingerprint density at radius 1 is 1.15 bits per heavy atom. The molecule has 0 aliphatic heterocycles. The summed E-state index contributed by atoms with van der Waals surface area (Å²) in [6, 6.07) is 9.86. The topological polar surface area (TPSA) is 69.3 Å². The van der Waals surface area contributed by atoms with Crippen molar-refractivity contribution in [1.29, 1.82) is 0 Å². The summed E-state index contributed by atoms with van der Waals surface area (Å²) in [4.78, 5) is 6.45. The molecule has 0 saturated carbocycles. The molecule has 98 valence electrons. The zero-order valence-electron chi connectivity index (χ0n) is 10.4. The first-order valence-corrected chi connectivity index (χ1v) is 6.87. The predicted octanol–water partition coefficient (Wildman–Crippen LogP) is 3.30. The van der Waals surface area contributed by atoms with Crippen LogP contribution in [0.3, 0.4) is 0 Å². The molecular formula is C14H10N4OS. The Balaban J connectivity index is 1.71. The van der Waals surface area contributed by atoms with Crippen molar-refractivity contribution in [2.45, 2.75) is 0 Å². The van der Waals surface area contributed by atoms with Gasteiger partial charge in [-0.2, -0.15) is 0 Å². The lowest BCUT2D eigenvalue weighted by Gasteiger charge is -1.98. The lowest BCUT2D eigenvalue weighted by atomic mass is 10.1. The SMILES string of the molecule is Nc1cc(-c2ccc(-c3cn4ccnc4s3)cc2)no1. The second-order valence-electron chi connectivity index (χ2n) is 4.40. The van der Waals surface area contributed by atoms with E-state index < -0.39 is 0 Å². The average Bonchev–Trinajstić information content (AvgIpc) is 3.13. The van der Waals surface area contributed by atoms with E-state index in [1.165, 1.54) is 4.88 Å². The van der Waals surface area contributed by atoms with Crippen LogP contribution in [0.5, 0.6) is 0 Å². The third kappa shape index (κ3) is 1.78. The van der Waals surface area contributed by atoms with Crippen molar-refractivity contribution in [3.63, 3.8) is 0 Å². The van der Waals surface area contributed by atoms with Crippen LogP contribution in [-0.4, -0.2) is 14.5 Å². The molecule has 0 amide bonds. The van der Waals surface area contributed by atoms with Crippen LogP contribution in [-0.2, 0) is 0 Å². The highest BCUT2D eigenvalue weighted by molar-refractivity contribution is 7.20. The van der Waals surface area contributed by atoms with Crippen LogP contribution in [0.4, 0.5) is 5.88 Å². The van der Waals surface area contributed by atoms with Gasteiger partial charge in [-0.15, -0.1) is 0 Å². The first-order chi connectivity index (χ1) is 9.79. The summed E-state index contributed by atoms with van der Waals surface area (Å²) in [5.74, 6) is 0.323. The van der Waals surface area contributed by atoms with Gasteiger partial charge in [0.15, 0.2) is 4.96 Å². The standard InChI is InChI=1S/C14H10N4OS/c15-13-7-11(17-19-13)9-1-3-10(4-2-9)12-8-18-6-5-16-14(18)20-12/h1-8H,15H2. The molecule has 0 aliphatic carbocycles. The molecular weight excluding hydrogens is 272 g/mol. The highest BCUT2D eigenvalue weighted by Crippen LogP contribution is 2.30. The molecule has 0 saturated heterocycles. The summed E-state index contributed by atoms with van der Waals surface area (Å²) in [5, 5.41) is 3.90. The molecule has 6 heteroatoms.